The number of aliphatic imine (C=N–C) groups is 1. The second kappa shape index (κ2) is 8.91. The van der Waals surface area contributed by atoms with Crippen molar-refractivity contribution in [2.45, 2.75) is 50.5 Å². The molecule has 152 valence electrons. The van der Waals surface area contributed by atoms with Crippen molar-refractivity contribution >= 4 is 39.8 Å². The van der Waals surface area contributed by atoms with Gasteiger partial charge in [-0.15, -0.1) is 24.0 Å². The molecule has 3 aliphatic rings. The lowest BCUT2D eigenvalue weighted by Crippen LogP contribution is -2.57. The molecule has 0 spiro atoms. The Morgan fingerprint density at radius 3 is 2.81 bits per heavy atom. The minimum absolute atomic E-state index is 0. The highest BCUT2D eigenvalue weighted by Gasteiger charge is 2.41. The topological polar surface area (TPSA) is 74.2 Å². The largest absolute Gasteiger partial charge is 0.373 e. The number of morpholine rings is 1. The number of hydrogen-bond acceptors (Lipinski definition) is 5. The predicted molar refractivity (Wildman–Crippen MR) is 115 cm³/mol. The zero-order chi connectivity index (χ0) is 18.1. The molecule has 7 nitrogen and oxygen atoms in total. The summed E-state index contributed by atoms with van der Waals surface area (Å²) in [6.07, 6.45) is 2.64. The lowest BCUT2D eigenvalue weighted by molar-refractivity contribution is -0.0432. The molecule has 0 saturated carbocycles. The molecule has 0 aromatic rings. The summed E-state index contributed by atoms with van der Waals surface area (Å²) in [5.74, 6) is 0.984. The van der Waals surface area contributed by atoms with Crippen molar-refractivity contribution in [3.63, 3.8) is 0 Å². The zero-order valence-electron chi connectivity index (χ0n) is 16.1. The summed E-state index contributed by atoms with van der Waals surface area (Å²) >= 11 is 0. The van der Waals surface area contributed by atoms with Gasteiger partial charge in [-0.05, 0) is 40.2 Å². The van der Waals surface area contributed by atoms with E-state index in [0.29, 0.717) is 25.7 Å². The van der Waals surface area contributed by atoms with Crippen molar-refractivity contribution in [1.82, 2.24) is 15.1 Å². The van der Waals surface area contributed by atoms with Crippen molar-refractivity contribution < 1.29 is 13.2 Å². The summed E-state index contributed by atoms with van der Waals surface area (Å²) < 4.78 is 29.7. The Bertz CT molecular complexity index is 611. The molecule has 0 aliphatic carbocycles. The van der Waals surface area contributed by atoms with Crippen LogP contribution in [-0.4, -0.2) is 92.7 Å². The van der Waals surface area contributed by atoms with Gasteiger partial charge in [0.2, 0.25) is 0 Å². The third-order valence-corrected chi connectivity index (χ3v) is 8.12. The Morgan fingerprint density at radius 1 is 1.35 bits per heavy atom. The van der Waals surface area contributed by atoms with Crippen molar-refractivity contribution in [1.29, 1.82) is 0 Å². The Kier molecular flexibility index (Phi) is 7.60. The van der Waals surface area contributed by atoms with E-state index in [1.165, 1.54) is 19.4 Å². The van der Waals surface area contributed by atoms with Gasteiger partial charge in [-0.25, -0.2) is 8.42 Å². The molecule has 3 heterocycles. The first kappa shape index (κ1) is 22.2. The summed E-state index contributed by atoms with van der Waals surface area (Å²) in [7, 11) is -3.04. The van der Waals surface area contributed by atoms with Crippen LogP contribution in [0.15, 0.2) is 4.99 Å². The van der Waals surface area contributed by atoms with Crippen molar-refractivity contribution in [3.05, 3.63) is 0 Å². The first-order valence-electron chi connectivity index (χ1n) is 9.43. The van der Waals surface area contributed by atoms with Crippen LogP contribution in [0.5, 0.6) is 0 Å². The number of nitrogens with zero attached hydrogens (tertiary/aromatic N) is 3. The lowest BCUT2D eigenvalue weighted by atomic mass is 10.2. The van der Waals surface area contributed by atoms with E-state index in [0.717, 1.165) is 25.7 Å². The first-order chi connectivity index (χ1) is 11.8. The van der Waals surface area contributed by atoms with Crippen LogP contribution in [-0.2, 0) is 14.6 Å². The van der Waals surface area contributed by atoms with Crippen LogP contribution < -0.4 is 5.32 Å². The summed E-state index contributed by atoms with van der Waals surface area (Å²) in [4.78, 5) is 9.37. The lowest BCUT2D eigenvalue weighted by Gasteiger charge is -2.39. The molecule has 2 unspecified atom stereocenters. The van der Waals surface area contributed by atoms with Gasteiger partial charge < -0.3 is 15.0 Å². The van der Waals surface area contributed by atoms with Crippen LogP contribution >= 0.6 is 24.0 Å². The molecule has 0 radical (unpaired) electrons. The smallest absolute Gasteiger partial charge is 0.194 e. The molecule has 1 N–H and O–H groups in total. The number of nitrogens with one attached hydrogen (secondary N) is 1. The van der Waals surface area contributed by atoms with Gasteiger partial charge in [0.25, 0.3) is 0 Å². The molecule has 3 saturated heterocycles. The Morgan fingerprint density at radius 2 is 2.12 bits per heavy atom. The van der Waals surface area contributed by atoms with Gasteiger partial charge in [0, 0.05) is 32.2 Å². The fourth-order valence-electron chi connectivity index (χ4n) is 3.93. The summed E-state index contributed by atoms with van der Waals surface area (Å²) in [6, 6.07) is 0.599. The van der Waals surface area contributed by atoms with Gasteiger partial charge in [0.15, 0.2) is 15.8 Å². The number of sulfone groups is 1. The molecule has 26 heavy (non-hydrogen) atoms. The first-order valence-corrected chi connectivity index (χ1v) is 11.1. The van der Waals surface area contributed by atoms with E-state index in [9.17, 15) is 8.42 Å². The number of halogens is 1. The number of rotatable bonds is 3. The van der Waals surface area contributed by atoms with Gasteiger partial charge in [0.1, 0.15) is 0 Å². The third kappa shape index (κ3) is 4.82. The molecular weight excluding hydrogens is 467 g/mol. The van der Waals surface area contributed by atoms with Crippen LogP contribution in [0.1, 0.15) is 33.6 Å². The van der Waals surface area contributed by atoms with Crippen LogP contribution in [0.25, 0.3) is 0 Å². The predicted octanol–water partition coefficient (Wildman–Crippen LogP) is 0.942. The summed E-state index contributed by atoms with van der Waals surface area (Å²) in [6.45, 7) is 10.9. The molecule has 3 fully saturated rings. The van der Waals surface area contributed by atoms with E-state index in [1.54, 1.807) is 13.8 Å². The summed E-state index contributed by atoms with van der Waals surface area (Å²) in [5.41, 5.74) is 0. The maximum Gasteiger partial charge on any atom is 0.194 e. The molecule has 3 aliphatic heterocycles. The molecule has 0 aromatic heterocycles. The zero-order valence-corrected chi connectivity index (χ0v) is 19.3. The molecule has 0 aromatic carbocycles. The second-order valence-corrected chi connectivity index (χ2v) is 10.7. The SMILES string of the molecule is CCNC(=NCC1CN2CCCC2CO1)N1CCS(=O)(=O)C(C)(C)C1.I. The Labute approximate surface area is 174 Å². The average molecular weight is 500 g/mol. The minimum atomic E-state index is -3.04. The Balaban J connectivity index is 0.00000243. The maximum absolute atomic E-state index is 12.2. The molecule has 0 amide bonds. The number of ether oxygens (including phenoxy) is 1. The highest BCUT2D eigenvalue weighted by Crippen LogP contribution is 2.24. The van der Waals surface area contributed by atoms with Gasteiger partial charge in [-0.2, -0.15) is 0 Å². The van der Waals surface area contributed by atoms with Crippen LogP contribution in [0, 0.1) is 0 Å². The molecular formula is C17H33IN4O3S. The monoisotopic (exact) mass is 500 g/mol. The summed E-state index contributed by atoms with van der Waals surface area (Å²) in [5, 5.41) is 3.32. The van der Waals surface area contributed by atoms with Crippen LogP contribution in [0.4, 0.5) is 0 Å². The van der Waals surface area contributed by atoms with Gasteiger partial charge in [0.05, 0.1) is 29.8 Å². The van der Waals surface area contributed by atoms with E-state index in [-0.39, 0.29) is 35.8 Å². The minimum Gasteiger partial charge on any atom is -0.373 e. The highest BCUT2D eigenvalue weighted by molar-refractivity contribution is 14.0. The van der Waals surface area contributed by atoms with E-state index in [2.05, 4.69) is 15.1 Å². The normalized spacial score (nSPS) is 31.2. The third-order valence-electron chi connectivity index (χ3n) is 5.58. The van der Waals surface area contributed by atoms with Gasteiger partial charge in [-0.3, -0.25) is 9.89 Å². The van der Waals surface area contributed by atoms with Crippen LogP contribution in [0.3, 0.4) is 0 Å². The van der Waals surface area contributed by atoms with Crippen molar-refractivity contribution in [2.24, 2.45) is 4.99 Å². The van der Waals surface area contributed by atoms with E-state index < -0.39 is 14.6 Å². The fraction of sp³-hybridized carbons (Fsp3) is 0.941. The quantitative estimate of drug-likeness (QED) is 0.354. The van der Waals surface area contributed by atoms with E-state index in [1.807, 2.05) is 6.92 Å². The van der Waals surface area contributed by atoms with Gasteiger partial charge in [-0.1, -0.05) is 0 Å². The van der Waals surface area contributed by atoms with Crippen molar-refractivity contribution in [2.75, 3.05) is 51.6 Å². The second-order valence-electron chi connectivity index (χ2n) is 7.94. The molecule has 3 rings (SSSR count). The highest BCUT2D eigenvalue weighted by atomic mass is 127. The van der Waals surface area contributed by atoms with Gasteiger partial charge >= 0.3 is 0 Å². The van der Waals surface area contributed by atoms with Crippen molar-refractivity contribution in [3.8, 4) is 0 Å². The fourth-order valence-corrected chi connectivity index (χ4v) is 5.30. The number of fused-ring (bicyclic) bond motifs is 1. The maximum atomic E-state index is 12.2. The number of guanidine groups is 1. The van der Waals surface area contributed by atoms with E-state index in [4.69, 9.17) is 9.73 Å². The average Bonchev–Trinajstić information content (AvgIpc) is 3.02. The molecule has 2 atom stereocenters. The molecule has 0 bridgehead atoms. The van der Waals surface area contributed by atoms with E-state index >= 15 is 0 Å². The van der Waals surface area contributed by atoms with Crippen LogP contribution in [0.2, 0.25) is 0 Å². The standard InChI is InChI=1S/C17H32N4O3S.HI/c1-4-18-16(21-8-9-25(22,23)17(2,3)13-21)19-10-15-11-20-7-5-6-14(20)12-24-15;/h14-15H,4-13H2,1-3H3,(H,18,19);1H. The Hall–Kier alpha value is -0.130. The molecule has 9 heteroatoms. The number of hydrogen-bond donors (Lipinski definition) is 1.